The van der Waals surface area contributed by atoms with Crippen LogP contribution < -0.4 is 5.73 Å². The minimum Gasteiger partial charge on any atom is -0.448 e. The lowest BCUT2D eigenvalue weighted by Gasteiger charge is -2.18. The van der Waals surface area contributed by atoms with Crippen LogP contribution in [-0.2, 0) is 9.84 Å². The zero-order valence-electron chi connectivity index (χ0n) is 9.22. The Morgan fingerprint density at radius 1 is 1.62 bits per heavy atom. The molecular weight excluding hydrogens is 228 g/mol. The smallest absolute Gasteiger partial charge is 0.198 e. The number of nitrogens with zero attached hydrogens (tertiary/aromatic N) is 1. The van der Waals surface area contributed by atoms with Gasteiger partial charge in [-0.3, -0.25) is 0 Å². The van der Waals surface area contributed by atoms with Crippen molar-refractivity contribution in [3.63, 3.8) is 0 Å². The molecular formula is C10H16N2O3S. The second-order valence-electron chi connectivity index (χ2n) is 4.35. The van der Waals surface area contributed by atoms with Gasteiger partial charge in [0.2, 0.25) is 0 Å². The first-order valence-electron chi connectivity index (χ1n) is 5.39. The van der Waals surface area contributed by atoms with E-state index in [0.717, 1.165) is 6.42 Å². The zero-order valence-corrected chi connectivity index (χ0v) is 10.0. The molecule has 1 aromatic rings. The van der Waals surface area contributed by atoms with Crippen LogP contribution in [0.3, 0.4) is 0 Å². The molecule has 16 heavy (non-hydrogen) atoms. The molecule has 1 fully saturated rings. The van der Waals surface area contributed by atoms with Crippen molar-refractivity contribution >= 4 is 9.84 Å². The van der Waals surface area contributed by atoms with Gasteiger partial charge >= 0.3 is 0 Å². The normalized spacial score (nSPS) is 26.5. The van der Waals surface area contributed by atoms with E-state index in [9.17, 15) is 8.42 Å². The topological polar surface area (TPSA) is 86.2 Å². The van der Waals surface area contributed by atoms with E-state index in [1.165, 1.54) is 6.26 Å². The molecule has 1 aromatic heterocycles. The summed E-state index contributed by atoms with van der Waals surface area (Å²) in [5, 5.41) is 0. The van der Waals surface area contributed by atoms with Gasteiger partial charge in [0.05, 0.1) is 17.2 Å². The van der Waals surface area contributed by atoms with Gasteiger partial charge in [-0.15, -0.1) is 0 Å². The predicted octanol–water partition coefficient (Wildman–Crippen LogP) is 0.987. The van der Waals surface area contributed by atoms with E-state index in [-0.39, 0.29) is 23.5 Å². The fraction of sp³-hybridized carbons (Fsp3) is 0.700. The average molecular weight is 244 g/mol. The molecule has 0 spiro atoms. The van der Waals surface area contributed by atoms with Gasteiger partial charge in [-0.25, -0.2) is 13.4 Å². The molecule has 1 aliphatic rings. The monoisotopic (exact) mass is 244 g/mol. The average Bonchev–Trinajstić information content (AvgIpc) is 2.64. The molecule has 0 aromatic carbocycles. The Bertz CT molecular complexity index is 464. The molecule has 2 N–H and O–H groups in total. The van der Waals surface area contributed by atoms with Crippen molar-refractivity contribution in [3.05, 3.63) is 17.8 Å². The highest BCUT2D eigenvalue weighted by molar-refractivity contribution is 7.91. The maximum atomic E-state index is 11.5. The second kappa shape index (κ2) is 4.18. The number of sulfone groups is 1. The maximum absolute atomic E-state index is 11.5. The van der Waals surface area contributed by atoms with Gasteiger partial charge < -0.3 is 10.2 Å². The molecule has 2 atom stereocenters. The number of nitrogens with two attached hydrogens (primary N) is 1. The highest BCUT2D eigenvalue weighted by atomic mass is 32.2. The van der Waals surface area contributed by atoms with E-state index in [4.69, 9.17) is 10.2 Å². The summed E-state index contributed by atoms with van der Waals surface area (Å²) in [6.07, 6.45) is 3.02. The van der Waals surface area contributed by atoms with Crippen molar-refractivity contribution < 1.29 is 12.8 Å². The Balaban J connectivity index is 2.17. The quantitative estimate of drug-likeness (QED) is 0.838. The minimum absolute atomic E-state index is 0.105. The molecule has 0 amide bonds. The molecule has 90 valence electrons. The summed E-state index contributed by atoms with van der Waals surface area (Å²) in [4.78, 5) is 4.24. The highest BCUT2D eigenvalue weighted by Crippen LogP contribution is 2.28. The Morgan fingerprint density at radius 3 is 2.94 bits per heavy atom. The molecule has 0 aliphatic carbocycles. The molecule has 0 radical (unpaired) electrons. The van der Waals surface area contributed by atoms with Crippen LogP contribution >= 0.6 is 0 Å². The number of oxazole rings is 1. The Labute approximate surface area is 95.0 Å². The Morgan fingerprint density at radius 2 is 2.38 bits per heavy atom. The van der Waals surface area contributed by atoms with Gasteiger partial charge in [0, 0.05) is 12.0 Å². The number of hydrogen-bond donors (Lipinski definition) is 1. The van der Waals surface area contributed by atoms with Crippen LogP contribution in [0.1, 0.15) is 43.3 Å². The first-order valence-corrected chi connectivity index (χ1v) is 7.21. The lowest BCUT2D eigenvalue weighted by molar-refractivity contribution is 0.434. The lowest BCUT2D eigenvalue weighted by Crippen LogP contribution is -2.24. The fourth-order valence-electron chi connectivity index (χ4n) is 1.91. The summed E-state index contributed by atoms with van der Waals surface area (Å²) in [6.45, 7) is 1.82. The van der Waals surface area contributed by atoms with Gasteiger partial charge in [-0.05, 0) is 19.8 Å². The molecule has 1 aliphatic heterocycles. The first kappa shape index (κ1) is 11.6. The summed E-state index contributed by atoms with van der Waals surface area (Å²) < 4.78 is 28.3. The Hall–Kier alpha value is -0.880. The fourth-order valence-corrected chi connectivity index (χ4v) is 3.61. The molecule has 2 unspecified atom stereocenters. The van der Waals surface area contributed by atoms with Gasteiger partial charge in [0.1, 0.15) is 6.26 Å². The maximum Gasteiger partial charge on any atom is 0.198 e. The van der Waals surface area contributed by atoms with E-state index in [1.54, 1.807) is 0 Å². The molecule has 0 bridgehead atoms. The van der Waals surface area contributed by atoms with Crippen molar-refractivity contribution in [2.75, 3.05) is 11.5 Å². The minimum atomic E-state index is -2.92. The largest absolute Gasteiger partial charge is 0.448 e. The second-order valence-corrected chi connectivity index (χ2v) is 6.58. The van der Waals surface area contributed by atoms with E-state index < -0.39 is 9.84 Å². The van der Waals surface area contributed by atoms with Crippen molar-refractivity contribution in [2.45, 2.75) is 31.7 Å². The lowest BCUT2D eigenvalue weighted by atomic mass is 10.1. The van der Waals surface area contributed by atoms with Crippen LogP contribution in [0.4, 0.5) is 0 Å². The van der Waals surface area contributed by atoms with Gasteiger partial charge in [-0.1, -0.05) is 0 Å². The summed E-state index contributed by atoms with van der Waals surface area (Å²) in [5.74, 6) is 0.831. The van der Waals surface area contributed by atoms with Gasteiger partial charge in [0.25, 0.3) is 0 Å². The molecule has 2 heterocycles. The number of hydrogen-bond acceptors (Lipinski definition) is 5. The molecule has 5 nitrogen and oxygen atoms in total. The molecule has 2 rings (SSSR count). The van der Waals surface area contributed by atoms with Crippen LogP contribution in [-0.4, -0.2) is 24.9 Å². The molecule has 1 saturated heterocycles. The third-order valence-corrected chi connectivity index (χ3v) is 4.64. The van der Waals surface area contributed by atoms with Crippen LogP contribution in [0.2, 0.25) is 0 Å². The third-order valence-electron chi connectivity index (χ3n) is 2.82. The molecule has 6 heteroatoms. The summed E-state index contributed by atoms with van der Waals surface area (Å²) >= 11 is 0. The van der Waals surface area contributed by atoms with E-state index in [1.807, 2.05) is 6.92 Å². The van der Waals surface area contributed by atoms with Gasteiger partial charge in [-0.2, -0.15) is 0 Å². The van der Waals surface area contributed by atoms with E-state index >= 15 is 0 Å². The number of rotatable bonds is 2. The zero-order chi connectivity index (χ0) is 11.8. The molecule has 0 saturated carbocycles. The predicted molar refractivity (Wildman–Crippen MR) is 59.7 cm³/mol. The van der Waals surface area contributed by atoms with Crippen LogP contribution in [0, 0.1) is 0 Å². The van der Waals surface area contributed by atoms with Crippen molar-refractivity contribution in [1.29, 1.82) is 0 Å². The summed E-state index contributed by atoms with van der Waals surface area (Å²) in [6, 6.07) is -0.183. The van der Waals surface area contributed by atoms with Crippen LogP contribution in [0.15, 0.2) is 10.7 Å². The van der Waals surface area contributed by atoms with Gasteiger partial charge in [0.15, 0.2) is 15.7 Å². The van der Waals surface area contributed by atoms with Crippen molar-refractivity contribution in [1.82, 2.24) is 4.98 Å². The highest BCUT2D eigenvalue weighted by Gasteiger charge is 2.29. The van der Waals surface area contributed by atoms with E-state index in [0.29, 0.717) is 18.0 Å². The van der Waals surface area contributed by atoms with Crippen LogP contribution in [0.25, 0.3) is 0 Å². The standard InChI is InChI=1S/C10H16N2O3S/c1-7(11)9-5-15-10(12-9)8-3-2-4-16(13,14)6-8/h5,7-8H,2-4,6,11H2,1H3. The summed E-state index contributed by atoms with van der Waals surface area (Å²) in [7, 11) is -2.92. The summed E-state index contributed by atoms with van der Waals surface area (Å²) in [5.41, 5.74) is 6.35. The SMILES string of the molecule is CC(N)c1coc(C2CCCS(=O)(=O)C2)n1. The Kier molecular flexibility index (Phi) is 3.03. The van der Waals surface area contributed by atoms with E-state index in [2.05, 4.69) is 4.98 Å². The van der Waals surface area contributed by atoms with Crippen LogP contribution in [0.5, 0.6) is 0 Å². The number of aromatic nitrogens is 1. The third kappa shape index (κ3) is 2.44. The van der Waals surface area contributed by atoms with Crippen molar-refractivity contribution in [2.24, 2.45) is 5.73 Å². The van der Waals surface area contributed by atoms with Crippen molar-refractivity contribution in [3.8, 4) is 0 Å². The first-order chi connectivity index (χ1) is 7.48.